The van der Waals surface area contributed by atoms with Gasteiger partial charge in [0.05, 0.1) is 0 Å². The maximum absolute atomic E-state index is 11.9. The third kappa shape index (κ3) is 1.92. The first-order valence-electron chi connectivity index (χ1n) is 4.40. The van der Waals surface area contributed by atoms with E-state index in [4.69, 9.17) is 16.1 Å². The van der Waals surface area contributed by atoms with E-state index in [1.54, 1.807) is 31.2 Å². The summed E-state index contributed by atoms with van der Waals surface area (Å²) in [5.74, 6) is -0.155. The zero-order chi connectivity index (χ0) is 10.8. The molecule has 76 valence electrons. The smallest absolute Gasteiger partial charge is 0.215 e. The third-order valence-corrected chi connectivity index (χ3v) is 2.32. The van der Waals surface area contributed by atoms with Gasteiger partial charge in [0.15, 0.2) is 5.69 Å². The molecule has 0 atom stereocenters. The van der Waals surface area contributed by atoms with Crippen molar-refractivity contribution in [3.8, 4) is 0 Å². The molecule has 4 heteroatoms. The van der Waals surface area contributed by atoms with Crippen LogP contribution in [-0.4, -0.2) is 10.9 Å². The van der Waals surface area contributed by atoms with Gasteiger partial charge in [-0.05, 0) is 31.2 Å². The fraction of sp³-hybridized carbons (Fsp3) is 0.0909. The Balaban J connectivity index is 2.37. The van der Waals surface area contributed by atoms with Gasteiger partial charge in [-0.1, -0.05) is 16.8 Å². The zero-order valence-electron chi connectivity index (χ0n) is 8.03. The lowest BCUT2D eigenvalue weighted by Gasteiger charge is -1.97. The molecule has 15 heavy (non-hydrogen) atoms. The van der Waals surface area contributed by atoms with Gasteiger partial charge >= 0.3 is 0 Å². The second kappa shape index (κ2) is 3.87. The van der Waals surface area contributed by atoms with E-state index in [9.17, 15) is 4.79 Å². The Labute approximate surface area is 91.6 Å². The van der Waals surface area contributed by atoms with Gasteiger partial charge in [-0.3, -0.25) is 4.79 Å². The topological polar surface area (TPSA) is 43.1 Å². The van der Waals surface area contributed by atoms with Gasteiger partial charge in [-0.25, -0.2) is 0 Å². The van der Waals surface area contributed by atoms with Crippen molar-refractivity contribution >= 4 is 17.4 Å². The molecular weight excluding hydrogens is 214 g/mol. The van der Waals surface area contributed by atoms with Gasteiger partial charge < -0.3 is 4.52 Å². The zero-order valence-corrected chi connectivity index (χ0v) is 8.78. The molecule has 0 aliphatic rings. The van der Waals surface area contributed by atoms with E-state index in [0.717, 1.165) is 5.56 Å². The Hall–Kier alpha value is -1.61. The maximum atomic E-state index is 11.9. The van der Waals surface area contributed by atoms with Crippen LogP contribution < -0.4 is 0 Å². The lowest BCUT2D eigenvalue weighted by atomic mass is 10.1. The number of rotatable bonds is 2. The first-order chi connectivity index (χ1) is 7.18. The summed E-state index contributed by atoms with van der Waals surface area (Å²) in [6.45, 7) is 1.78. The van der Waals surface area contributed by atoms with Gasteiger partial charge in [0, 0.05) is 16.1 Å². The largest absolute Gasteiger partial charge is 0.364 e. The predicted molar refractivity (Wildman–Crippen MR) is 56.1 cm³/mol. The highest BCUT2D eigenvalue weighted by atomic mass is 35.5. The Morgan fingerprint density at radius 1 is 1.33 bits per heavy atom. The van der Waals surface area contributed by atoms with Crippen molar-refractivity contribution in [2.75, 3.05) is 0 Å². The molecule has 0 N–H and O–H groups in total. The highest BCUT2D eigenvalue weighted by Gasteiger charge is 2.15. The highest BCUT2D eigenvalue weighted by Crippen LogP contribution is 2.14. The number of ketones is 1. The van der Waals surface area contributed by atoms with Crippen LogP contribution in [-0.2, 0) is 0 Å². The number of carbonyl (C=O) groups is 1. The van der Waals surface area contributed by atoms with E-state index < -0.39 is 0 Å². The van der Waals surface area contributed by atoms with E-state index in [1.165, 1.54) is 6.26 Å². The van der Waals surface area contributed by atoms with Crippen molar-refractivity contribution in [1.29, 1.82) is 0 Å². The van der Waals surface area contributed by atoms with Gasteiger partial charge in [0.2, 0.25) is 5.78 Å². The van der Waals surface area contributed by atoms with Gasteiger partial charge in [0.1, 0.15) is 6.26 Å². The number of nitrogens with zero attached hydrogens (tertiary/aromatic N) is 1. The van der Waals surface area contributed by atoms with Crippen LogP contribution in [0, 0.1) is 6.92 Å². The van der Waals surface area contributed by atoms with Crippen molar-refractivity contribution in [2.24, 2.45) is 0 Å². The van der Waals surface area contributed by atoms with Crippen LogP contribution >= 0.6 is 11.6 Å². The van der Waals surface area contributed by atoms with Crippen LogP contribution in [0.25, 0.3) is 0 Å². The number of carbonyl (C=O) groups excluding carboxylic acids is 1. The van der Waals surface area contributed by atoms with Crippen molar-refractivity contribution in [3.63, 3.8) is 0 Å². The normalized spacial score (nSPS) is 10.3. The van der Waals surface area contributed by atoms with Gasteiger partial charge in [0.25, 0.3) is 0 Å². The fourth-order valence-corrected chi connectivity index (χ4v) is 1.37. The Kier molecular flexibility index (Phi) is 2.56. The molecule has 1 aromatic heterocycles. The highest BCUT2D eigenvalue weighted by molar-refractivity contribution is 6.30. The van der Waals surface area contributed by atoms with E-state index in [1.807, 2.05) is 0 Å². The standard InChI is InChI=1S/C11H8ClNO2/c1-7-6-15-13-10(7)11(14)8-2-4-9(12)5-3-8/h2-6H,1H3. The molecule has 0 fully saturated rings. The van der Waals surface area contributed by atoms with Crippen molar-refractivity contribution < 1.29 is 9.32 Å². The lowest BCUT2D eigenvalue weighted by molar-refractivity contribution is 0.103. The Morgan fingerprint density at radius 3 is 2.53 bits per heavy atom. The fourth-order valence-electron chi connectivity index (χ4n) is 1.24. The molecule has 2 rings (SSSR count). The molecule has 0 bridgehead atoms. The second-order valence-electron chi connectivity index (χ2n) is 3.18. The molecule has 0 saturated carbocycles. The second-order valence-corrected chi connectivity index (χ2v) is 3.62. The monoisotopic (exact) mass is 221 g/mol. The number of aryl methyl sites for hydroxylation is 1. The Morgan fingerprint density at radius 2 is 2.00 bits per heavy atom. The lowest BCUT2D eigenvalue weighted by Crippen LogP contribution is -2.02. The summed E-state index contributed by atoms with van der Waals surface area (Å²) < 4.78 is 4.71. The Bertz CT molecular complexity index is 488. The van der Waals surface area contributed by atoms with Gasteiger partial charge in [-0.15, -0.1) is 0 Å². The minimum absolute atomic E-state index is 0.155. The van der Waals surface area contributed by atoms with Crippen LogP contribution in [0.3, 0.4) is 0 Å². The predicted octanol–water partition coefficient (Wildman–Crippen LogP) is 2.87. The summed E-state index contributed by atoms with van der Waals surface area (Å²) in [5.41, 5.74) is 1.63. The van der Waals surface area contributed by atoms with Gasteiger partial charge in [-0.2, -0.15) is 0 Å². The number of benzene rings is 1. The van der Waals surface area contributed by atoms with Crippen molar-refractivity contribution in [2.45, 2.75) is 6.92 Å². The van der Waals surface area contributed by atoms with Crippen LogP contribution in [0.1, 0.15) is 21.6 Å². The molecule has 0 unspecified atom stereocenters. The molecular formula is C11H8ClNO2. The molecule has 0 saturated heterocycles. The summed E-state index contributed by atoms with van der Waals surface area (Å²) in [5, 5.41) is 4.26. The van der Waals surface area contributed by atoms with E-state index in [2.05, 4.69) is 5.16 Å². The van der Waals surface area contributed by atoms with Crippen LogP contribution in [0.15, 0.2) is 35.1 Å². The number of aromatic nitrogens is 1. The molecule has 2 aromatic rings. The van der Waals surface area contributed by atoms with Crippen molar-refractivity contribution in [1.82, 2.24) is 5.16 Å². The molecule has 0 radical (unpaired) electrons. The average molecular weight is 222 g/mol. The molecule has 0 spiro atoms. The summed E-state index contributed by atoms with van der Waals surface area (Å²) in [7, 11) is 0. The van der Waals surface area contributed by atoms with E-state index in [-0.39, 0.29) is 5.78 Å². The van der Waals surface area contributed by atoms with Crippen LogP contribution in [0.5, 0.6) is 0 Å². The molecule has 0 aliphatic heterocycles. The number of hydrogen-bond acceptors (Lipinski definition) is 3. The quantitative estimate of drug-likeness (QED) is 0.733. The number of halogens is 1. The van der Waals surface area contributed by atoms with Crippen molar-refractivity contribution in [3.05, 3.63) is 52.4 Å². The molecule has 1 aromatic carbocycles. The maximum Gasteiger partial charge on any atom is 0.215 e. The van der Waals surface area contributed by atoms with E-state index in [0.29, 0.717) is 16.3 Å². The van der Waals surface area contributed by atoms with E-state index >= 15 is 0 Å². The molecule has 1 heterocycles. The summed E-state index contributed by atoms with van der Waals surface area (Å²) >= 11 is 5.73. The average Bonchev–Trinajstić information content (AvgIpc) is 2.65. The minimum atomic E-state index is -0.155. The summed E-state index contributed by atoms with van der Waals surface area (Å²) in [6, 6.07) is 6.67. The SMILES string of the molecule is Cc1conc1C(=O)c1ccc(Cl)cc1. The summed E-state index contributed by atoms with van der Waals surface area (Å²) in [4.78, 5) is 11.9. The first-order valence-corrected chi connectivity index (χ1v) is 4.77. The third-order valence-electron chi connectivity index (χ3n) is 2.07. The molecule has 3 nitrogen and oxygen atoms in total. The minimum Gasteiger partial charge on any atom is -0.364 e. The molecule has 0 aliphatic carbocycles. The number of hydrogen-bond donors (Lipinski definition) is 0. The van der Waals surface area contributed by atoms with Crippen LogP contribution in [0.2, 0.25) is 5.02 Å². The van der Waals surface area contributed by atoms with Crippen LogP contribution in [0.4, 0.5) is 0 Å². The molecule has 0 amide bonds. The first kappa shape index (κ1) is 9.93. The summed E-state index contributed by atoms with van der Waals surface area (Å²) in [6.07, 6.45) is 1.45.